The smallest absolute Gasteiger partial charge is 0.0633 e. The zero-order valence-electron chi connectivity index (χ0n) is 5.76. The zero-order valence-corrected chi connectivity index (χ0v) is 5.76. The summed E-state index contributed by atoms with van der Waals surface area (Å²) in [5.74, 6) is 0. The Labute approximate surface area is 55.1 Å². The fourth-order valence-corrected chi connectivity index (χ4v) is 0.790. The molecular formula is C7H11NO. The Morgan fingerprint density at radius 1 is 1.56 bits per heavy atom. The Morgan fingerprint density at radius 3 is 2.67 bits per heavy atom. The molecule has 0 aliphatic carbocycles. The van der Waals surface area contributed by atoms with Crippen molar-refractivity contribution in [3.05, 3.63) is 23.4 Å². The minimum atomic E-state index is 0.614. The highest BCUT2D eigenvalue weighted by Gasteiger charge is 2.04. The highest BCUT2D eigenvalue weighted by molar-refractivity contribution is 5.24. The molecule has 0 radical (unpaired) electrons. The molecule has 0 aromatic rings. The van der Waals surface area contributed by atoms with Gasteiger partial charge in [-0.3, -0.25) is 10.3 Å². The van der Waals surface area contributed by atoms with Crippen molar-refractivity contribution in [1.82, 2.24) is 5.06 Å². The summed E-state index contributed by atoms with van der Waals surface area (Å²) in [6.45, 7) is 4.50. The summed E-state index contributed by atoms with van der Waals surface area (Å²) in [6.07, 6.45) is 3.95. The van der Waals surface area contributed by atoms with Gasteiger partial charge >= 0.3 is 0 Å². The number of hydroxylamine groups is 2. The number of hydrogen-bond acceptors (Lipinski definition) is 2. The Hall–Kier alpha value is -0.760. The van der Waals surface area contributed by atoms with Gasteiger partial charge in [0, 0.05) is 5.70 Å². The molecule has 0 saturated carbocycles. The highest BCUT2D eigenvalue weighted by atomic mass is 16.5. The lowest BCUT2D eigenvalue weighted by molar-refractivity contribution is -0.0460. The van der Waals surface area contributed by atoms with Gasteiger partial charge in [0.15, 0.2) is 0 Å². The van der Waals surface area contributed by atoms with Crippen molar-refractivity contribution < 1.29 is 5.21 Å². The molecule has 0 spiro atoms. The molecule has 50 valence electrons. The number of allylic oxidation sites excluding steroid dienone is 3. The first kappa shape index (κ1) is 6.36. The molecule has 0 saturated heterocycles. The second-order valence-corrected chi connectivity index (χ2v) is 2.25. The van der Waals surface area contributed by atoms with Gasteiger partial charge in [-0.1, -0.05) is 12.2 Å². The Bertz CT molecular complexity index is 170. The summed E-state index contributed by atoms with van der Waals surface area (Å²) in [4.78, 5) is 0. The van der Waals surface area contributed by atoms with E-state index in [9.17, 15) is 0 Å². The van der Waals surface area contributed by atoms with Crippen LogP contribution in [-0.4, -0.2) is 16.8 Å². The van der Waals surface area contributed by atoms with E-state index in [1.54, 1.807) is 0 Å². The van der Waals surface area contributed by atoms with E-state index in [2.05, 4.69) is 0 Å². The highest BCUT2D eigenvalue weighted by Crippen LogP contribution is 2.12. The van der Waals surface area contributed by atoms with E-state index in [0.717, 1.165) is 11.3 Å². The molecule has 0 aromatic heterocycles. The van der Waals surface area contributed by atoms with E-state index in [-0.39, 0.29) is 0 Å². The first-order chi connectivity index (χ1) is 4.22. The molecule has 2 nitrogen and oxygen atoms in total. The standard InChI is InChI=1S/C7H11NO/c1-6-4-3-5-8(9)7(6)2/h3-4,9H,5H2,1-2H3. The minimum absolute atomic E-state index is 0.614. The van der Waals surface area contributed by atoms with Crippen molar-refractivity contribution in [2.45, 2.75) is 13.8 Å². The van der Waals surface area contributed by atoms with Gasteiger partial charge in [0.25, 0.3) is 0 Å². The molecule has 0 unspecified atom stereocenters. The second-order valence-electron chi connectivity index (χ2n) is 2.25. The predicted octanol–water partition coefficient (Wildman–Crippen LogP) is 1.54. The van der Waals surface area contributed by atoms with Gasteiger partial charge in [-0.05, 0) is 19.4 Å². The summed E-state index contributed by atoms with van der Waals surface area (Å²) < 4.78 is 0. The average molecular weight is 125 g/mol. The summed E-state index contributed by atoms with van der Waals surface area (Å²) >= 11 is 0. The molecule has 1 heterocycles. The molecule has 0 fully saturated rings. The number of rotatable bonds is 0. The number of nitrogens with zero attached hydrogens (tertiary/aromatic N) is 1. The maximum Gasteiger partial charge on any atom is 0.0633 e. The number of hydrogen-bond donors (Lipinski definition) is 1. The minimum Gasteiger partial charge on any atom is -0.288 e. The SMILES string of the molecule is CC1=C(C)N(O)CC=C1. The van der Waals surface area contributed by atoms with E-state index >= 15 is 0 Å². The van der Waals surface area contributed by atoms with Crippen LogP contribution in [0, 0.1) is 0 Å². The van der Waals surface area contributed by atoms with E-state index in [1.165, 1.54) is 5.06 Å². The van der Waals surface area contributed by atoms with Crippen molar-refractivity contribution >= 4 is 0 Å². The van der Waals surface area contributed by atoms with Crippen LogP contribution in [0.1, 0.15) is 13.8 Å². The third kappa shape index (κ3) is 1.13. The van der Waals surface area contributed by atoms with Crippen LogP contribution in [0.3, 0.4) is 0 Å². The molecule has 1 N–H and O–H groups in total. The van der Waals surface area contributed by atoms with Crippen LogP contribution >= 0.6 is 0 Å². The van der Waals surface area contributed by atoms with Crippen LogP contribution in [0.2, 0.25) is 0 Å². The van der Waals surface area contributed by atoms with Crippen LogP contribution in [0.4, 0.5) is 0 Å². The molecule has 1 rings (SSSR count). The largest absolute Gasteiger partial charge is 0.288 e. The molecule has 1 aliphatic heterocycles. The molecule has 0 amide bonds. The van der Waals surface area contributed by atoms with Crippen molar-refractivity contribution in [2.75, 3.05) is 6.54 Å². The second kappa shape index (κ2) is 2.23. The Balaban J connectivity index is 2.83. The molecule has 0 bridgehead atoms. The third-order valence-electron chi connectivity index (χ3n) is 1.60. The zero-order chi connectivity index (χ0) is 6.85. The molecule has 0 aromatic carbocycles. The third-order valence-corrected chi connectivity index (χ3v) is 1.60. The van der Waals surface area contributed by atoms with E-state index in [1.807, 2.05) is 26.0 Å². The summed E-state index contributed by atoms with van der Waals surface area (Å²) in [6, 6.07) is 0. The molecule has 9 heavy (non-hydrogen) atoms. The monoisotopic (exact) mass is 125 g/mol. The van der Waals surface area contributed by atoms with Gasteiger partial charge < -0.3 is 0 Å². The quantitative estimate of drug-likeness (QED) is 0.531. The fourth-order valence-electron chi connectivity index (χ4n) is 0.790. The lowest BCUT2D eigenvalue weighted by atomic mass is 10.2. The maximum atomic E-state index is 9.07. The summed E-state index contributed by atoms with van der Waals surface area (Å²) in [7, 11) is 0. The van der Waals surface area contributed by atoms with E-state index < -0.39 is 0 Å². The van der Waals surface area contributed by atoms with Crippen molar-refractivity contribution in [2.24, 2.45) is 0 Å². The van der Waals surface area contributed by atoms with Gasteiger partial charge in [-0.2, -0.15) is 0 Å². The Kier molecular flexibility index (Phi) is 1.58. The van der Waals surface area contributed by atoms with Gasteiger partial charge in [0.1, 0.15) is 0 Å². The first-order valence-corrected chi connectivity index (χ1v) is 3.02. The molecule has 1 aliphatic rings. The predicted molar refractivity (Wildman–Crippen MR) is 36.0 cm³/mol. The normalized spacial score (nSPS) is 19.2. The van der Waals surface area contributed by atoms with Crippen LogP contribution < -0.4 is 0 Å². The molecule has 2 heteroatoms. The van der Waals surface area contributed by atoms with Crippen molar-refractivity contribution in [1.29, 1.82) is 0 Å². The van der Waals surface area contributed by atoms with Gasteiger partial charge in [0.05, 0.1) is 6.54 Å². The van der Waals surface area contributed by atoms with Crippen molar-refractivity contribution in [3.8, 4) is 0 Å². The van der Waals surface area contributed by atoms with Gasteiger partial charge in [-0.15, -0.1) is 0 Å². The van der Waals surface area contributed by atoms with Gasteiger partial charge in [-0.25, -0.2) is 0 Å². The van der Waals surface area contributed by atoms with E-state index in [0.29, 0.717) is 6.54 Å². The maximum absolute atomic E-state index is 9.07. The van der Waals surface area contributed by atoms with Crippen LogP contribution in [0.15, 0.2) is 23.4 Å². The molecular weight excluding hydrogens is 114 g/mol. The lowest BCUT2D eigenvalue weighted by Crippen LogP contribution is -2.20. The van der Waals surface area contributed by atoms with Crippen LogP contribution in [-0.2, 0) is 0 Å². The van der Waals surface area contributed by atoms with Crippen LogP contribution in [0.5, 0.6) is 0 Å². The van der Waals surface area contributed by atoms with Gasteiger partial charge in [0.2, 0.25) is 0 Å². The topological polar surface area (TPSA) is 23.5 Å². The molecule has 0 atom stereocenters. The van der Waals surface area contributed by atoms with Crippen molar-refractivity contribution in [3.63, 3.8) is 0 Å². The fraction of sp³-hybridized carbons (Fsp3) is 0.429. The Morgan fingerprint density at radius 2 is 2.22 bits per heavy atom. The summed E-state index contributed by atoms with van der Waals surface area (Å²) in [5, 5.41) is 10.3. The van der Waals surface area contributed by atoms with Crippen LogP contribution in [0.25, 0.3) is 0 Å². The average Bonchev–Trinajstić information content (AvgIpc) is 1.83. The first-order valence-electron chi connectivity index (χ1n) is 3.02. The lowest BCUT2D eigenvalue weighted by Gasteiger charge is -2.20. The summed E-state index contributed by atoms with van der Waals surface area (Å²) in [5.41, 5.74) is 2.07. The van der Waals surface area contributed by atoms with E-state index in [4.69, 9.17) is 5.21 Å².